The number of hydrogen-bond donors (Lipinski definition) is 2. The number of aryl methyl sites for hydroxylation is 2. The van der Waals surface area contributed by atoms with Crippen LogP contribution in [0.15, 0.2) is 54.2 Å². The number of rotatable bonds is 4. The topological polar surface area (TPSA) is 88.7 Å². The smallest absolute Gasteiger partial charge is 0.267 e. The zero-order valence-electron chi connectivity index (χ0n) is 13.4. The van der Waals surface area contributed by atoms with E-state index in [1.54, 1.807) is 24.3 Å². The molecule has 0 heterocycles. The quantitative estimate of drug-likeness (QED) is 0.666. The summed E-state index contributed by atoms with van der Waals surface area (Å²) in [7, 11) is 0. The lowest BCUT2D eigenvalue weighted by Crippen LogP contribution is -2.15. The van der Waals surface area contributed by atoms with Crippen LogP contribution < -0.4 is 10.6 Å². The molecule has 0 saturated carbocycles. The number of benzene rings is 2. The third-order valence-corrected chi connectivity index (χ3v) is 3.39. The molecule has 118 valence electrons. The molecule has 24 heavy (non-hydrogen) atoms. The van der Waals surface area contributed by atoms with Crippen molar-refractivity contribution < 1.29 is 4.79 Å². The van der Waals surface area contributed by atoms with Crippen molar-refractivity contribution in [3.8, 4) is 12.1 Å². The van der Waals surface area contributed by atoms with E-state index in [9.17, 15) is 10.1 Å². The van der Waals surface area contributed by atoms with E-state index in [2.05, 4.69) is 10.6 Å². The third-order valence-electron chi connectivity index (χ3n) is 3.39. The van der Waals surface area contributed by atoms with Crippen molar-refractivity contribution in [3.63, 3.8) is 0 Å². The maximum absolute atomic E-state index is 12.2. The summed E-state index contributed by atoms with van der Waals surface area (Å²) in [5.74, 6) is -0.481. The lowest BCUT2D eigenvalue weighted by atomic mass is 10.1. The number of carbonyl (C=O) groups excluding carboxylic acids is 1. The van der Waals surface area contributed by atoms with Crippen molar-refractivity contribution in [3.05, 3.63) is 70.9 Å². The summed E-state index contributed by atoms with van der Waals surface area (Å²) in [5.41, 5.74) is 3.88. The highest BCUT2D eigenvalue weighted by molar-refractivity contribution is 6.07. The molecule has 0 aliphatic carbocycles. The Bertz CT molecular complexity index is 868. The molecular formula is C19H16N4O. The van der Waals surface area contributed by atoms with Crippen LogP contribution in [0.25, 0.3) is 0 Å². The molecule has 0 saturated heterocycles. The summed E-state index contributed by atoms with van der Waals surface area (Å²) in [4.78, 5) is 12.2. The first-order valence-corrected chi connectivity index (χ1v) is 7.29. The molecule has 2 aromatic rings. The van der Waals surface area contributed by atoms with Crippen LogP contribution in [0.1, 0.15) is 16.7 Å². The van der Waals surface area contributed by atoms with Gasteiger partial charge in [0, 0.05) is 17.6 Å². The minimum absolute atomic E-state index is 0.0423. The Morgan fingerprint density at radius 2 is 1.79 bits per heavy atom. The summed E-state index contributed by atoms with van der Waals surface area (Å²) < 4.78 is 0. The second-order valence-electron chi connectivity index (χ2n) is 5.28. The minimum Gasteiger partial charge on any atom is -0.360 e. The van der Waals surface area contributed by atoms with Gasteiger partial charge in [0.15, 0.2) is 0 Å². The van der Waals surface area contributed by atoms with Gasteiger partial charge in [-0.25, -0.2) is 0 Å². The van der Waals surface area contributed by atoms with E-state index in [1.807, 2.05) is 44.2 Å². The van der Waals surface area contributed by atoms with Gasteiger partial charge in [-0.3, -0.25) is 4.79 Å². The number of anilines is 2. The van der Waals surface area contributed by atoms with E-state index in [0.717, 1.165) is 11.1 Å². The number of nitrogens with zero attached hydrogens (tertiary/aromatic N) is 2. The molecular weight excluding hydrogens is 300 g/mol. The first kappa shape index (κ1) is 16.8. The Morgan fingerprint density at radius 1 is 1.08 bits per heavy atom. The molecule has 0 bridgehead atoms. The Balaban J connectivity index is 2.10. The second kappa shape index (κ2) is 7.62. The fraction of sp³-hybridized carbons (Fsp3) is 0.105. The van der Waals surface area contributed by atoms with Crippen LogP contribution in [0.5, 0.6) is 0 Å². The lowest BCUT2D eigenvalue weighted by Gasteiger charge is -2.09. The molecule has 1 amide bonds. The first-order chi connectivity index (χ1) is 11.5. The third kappa shape index (κ3) is 4.22. The van der Waals surface area contributed by atoms with E-state index in [4.69, 9.17) is 5.26 Å². The van der Waals surface area contributed by atoms with Gasteiger partial charge in [0.1, 0.15) is 11.6 Å². The molecule has 0 atom stereocenters. The molecule has 5 nitrogen and oxygen atoms in total. The average Bonchev–Trinajstić information content (AvgIpc) is 2.58. The highest BCUT2D eigenvalue weighted by Crippen LogP contribution is 2.17. The van der Waals surface area contributed by atoms with Crippen molar-refractivity contribution >= 4 is 17.3 Å². The number of carbonyl (C=O) groups is 1. The van der Waals surface area contributed by atoms with Gasteiger partial charge in [-0.1, -0.05) is 17.7 Å². The maximum Gasteiger partial charge on any atom is 0.267 e. The van der Waals surface area contributed by atoms with Gasteiger partial charge >= 0.3 is 0 Å². The summed E-state index contributed by atoms with van der Waals surface area (Å²) in [6.45, 7) is 3.87. The Hall–Kier alpha value is -3.57. The largest absolute Gasteiger partial charge is 0.360 e. The molecule has 5 heteroatoms. The molecule has 0 aliphatic heterocycles. The molecule has 2 aromatic carbocycles. The van der Waals surface area contributed by atoms with Gasteiger partial charge in [-0.2, -0.15) is 10.5 Å². The predicted octanol–water partition coefficient (Wildman–Crippen LogP) is 3.63. The monoisotopic (exact) mass is 316 g/mol. The van der Waals surface area contributed by atoms with Crippen LogP contribution in [0.3, 0.4) is 0 Å². The lowest BCUT2D eigenvalue weighted by molar-refractivity contribution is -0.112. The van der Waals surface area contributed by atoms with Crippen molar-refractivity contribution in [1.82, 2.24) is 0 Å². The summed E-state index contributed by atoms with van der Waals surface area (Å²) in [6.07, 6.45) is 1.35. The molecule has 0 aromatic heterocycles. The van der Waals surface area contributed by atoms with Crippen LogP contribution >= 0.6 is 0 Å². The van der Waals surface area contributed by atoms with Crippen LogP contribution in [0.4, 0.5) is 11.4 Å². The highest BCUT2D eigenvalue weighted by Gasteiger charge is 2.10. The van der Waals surface area contributed by atoms with E-state index in [-0.39, 0.29) is 5.57 Å². The highest BCUT2D eigenvalue weighted by atomic mass is 16.1. The normalized spacial score (nSPS) is 10.4. The Kier molecular flexibility index (Phi) is 5.33. The van der Waals surface area contributed by atoms with Gasteiger partial charge in [0.2, 0.25) is 0 Å². The standard InChI is InChI=1S/C19H16N4O/c1-13-3-8-18(14(2)9-13)23-19(24)16(11-21)12-22-17-6-4-15(10-20)5-7-17/h3-9,12,22H,1-2H3,(H,23,24)/b16-12-. The molecule has 2 N–H and O–H groups in total. The molecule has 0 fully saturated rings. The van der Waals surface area contributed by atoms with Crippen LogP contribution in [0, 0.1) is 36.5 Å². The second-order valence-corrected chi connectivity index (χ2v) is 5.28. The Morgan fingerprint density at radius 3 is 2.38 bits per heavy atom. The fourth-order valence-corrected chi connectivity index (χ4v) is 2.09. The van der Waals surface area contributed by atoms with E-state index in [1.165, 1.54) is 6.20 Å². The predicted molar refractivity (Wildman–Crippen MR) is 93.0 cm³/mol. The van der Waals surface area contributed by atoms with Crippen molar-refractivity contribution in [2.45, 2.75) is 13.8 Å². The SMILES string of the molecule is Cc1ccc(NC(=O)/C(C#N)=C\Nc2ccc(C#N)cc2)c(C)c1. The van der Waals surface area contributed by atoms with Gasteiger partial charge in [0.25, 0.3) is 5.91 Å². The van der Waals surface area contributed by atoms with E-state index in [0.29, 0.717) is 16.9 Å². The molecule has 0 aliphatic rings. The molecule has 0 spiro atoms. The molecule has 0 radical (unpaired) electrons. The number of hydrogen-bond acceptors (Lipinski definition) is 4. The number of nitriles is 2. The minimum atomic E-state index is -0.481. The fourth-order valence-electron chi connectivity index (χ4n) is 2.09. The van der Waals surface area contributed by atoms with E-state index < -0.39 is 5.91 Å². The van der Waals surface area contributed by atoms with Gasteiger partial charge in [-0.05, 0) is 49.7 Å². The van der Waals surface area contributed by atoms with Gasteiger partial charge in [-0.15, -0.1) is 0 Å². The summed E-state index contributed by atoms with van der Waals surface area (Å²) in [5, 5.41) is 23.6. The van der Waals surface area contributed by atoms with Crippen LogP contribution in [-0.2, 0) is 4.79 Å². The van der Waals surface area contributed by atoms with E-state index >= 15 is 0 Å². The van der Waals surface area contributed by atoms with Gasteiger partial charge in [0.05, 0.1) is 11.6 Å². The number of amides is 1. The van der Waals surface area contributed by atoms with Crippen LogP contribution in [-0.4, -0.2) is 5.91 Å². The zero-order chi connectivity index (χ0) is 17.5. The zero-order valence-corrected chi connectivity index (χ0v) is 13.4. The molecule has 2 rings (SSSR count). The Labute approximate surface area is 140 Å². The number of nitrogens with one attached hydrogen (secondary N) is 2. The van der Waals surface area contributed by atoms with Crippen LogP contribution in [0.2, 0.25) is 0 Å². The summed E-state index contributed by atoms with van der Waals surface area (Å²) in [6, 6.07) is 16.3. The van der Waals surface area contributed by atoms with Crippen molar-refractivity contribution in [1.29, 1.82) is 10.5 Å². The molecule has 0 unspecified atom stereocenters. The van der Waals surface area contributed by atoms with Crippen molar-refractivity contribution in [2.24, 2.45) is 0 Å². The first-order valence-electron chi connectivity index (χ1n) is 7.29. The average molecular weight is 316 g/mol. The van der Waals surface area contributed by atoms with Gasteiger partial charge < -0.3 is 10.6 Å². The maximum atomic E-state index is 12.2. The summed E-state index contributed by atoms with van der Waals surface area (Å²) >= 11 is 0. The van der Waals surface area contributed by atoms with Crippen molar-refractivity contribution in [2.75, 3.05) is 10.6 Å².